The first-order chi connectivity index (χ1) is 19.9. The molecule has 4 heterocycles. The molecule has 1 aromatic carbocycles. The summed E-state index contributed by atoms with van der Waals surface area (Å²) < 4.78 is 62.6. The van der Waals surface area contributed by atoms with E-state index in [2.05, 4.69) is 20.6 Å². The molecule has 42 heavy (non-hydrogen) atoms. The summed E-state index contributed by atoms with van der Waals surface area (Å²) in [5.41, 5.74) is 0.133. The van der Waals surface area contributed by atoms with Crippen LogP contribution in [0.25, 0.3) is 11.0 Å². The topological polar surface area (TPSA) is 136 Å². The quantitative estimate of drug-likeness (QED) is 0.334. The van der Waals surface area contributed by atoms with E-state index in [9.17, 15) is 32.3 Å². The number of halogens is 5. The van der Waals surface area contributed by atoms with Gasteiger partial charge in [0.25, 0.3) is 5.91 Å². The first-order valence-corrected chi connectivity index (χ1v) is 13.3. The van der Waals surface area contributed by atoms with E-state index in [1.54, 1.807) is 0 Å². The molecule has 6 rings (SSSR count). The molecule has 2 N–H and O–H groups in total. The Hall–Kier alpha value is -4.27. The van der Waals surface area contributed by atoms with Crippen LogP contribution in [0.2, 0.25) is 5.02 Å². The number of carbonyl (C=O) groups excluding carboxylic acids is 4. The number of imidazole rings is 1. The molecule has 4 amide bonds. The van der Waals surface area contributed by atoms with E-state index in [4.69, 9.17) is 16.3 Å². The number of nitrogens with one attached hydrogen (secondary N) is 2. The molecule has 3 aliphatic rings. The summed E-state index contributed by atoms with van der Waals surface area (Å²) in [6, 6.07) is 1.13. The van der Waals surface area contributed by atoms with Crippen LogP contribution in [0.4, 0.5) is 22.4 Å². The Kier molecular flexibility index (Phi) is 6.78. The Morgan fingerprint density at radius 2 is 2.00 bits per heavy atom. The minimum Gasteiger partial charge on any atom is -0.446 e. The molecule has 1 aliphatic carbocycles. The highest BCUT2D eigenvalue weighted by molar-refractivity contribution is 6.32. The Morgan fingerprint density at radius 1 is 1.24 bits per heavy atom. The maximum atomic E-state index is 15.4. The van der Waals surface area contributed by atoms with Crippen LogP contribution in [-0.4, -0.2) is 55.4 Å². The summed E-state index contributed by atoms with van der Waals surface area (Å²) in [5, 5.41) is 4.60. The fourth-order valence-corrected chi connectivity index (χ4v) is 5.85. The summed E-state index contributed by atoms with van der Waals surface area (Å²) in [7, 11) is 0. The first kappa shape index (κ1) is 27.9. The molecule has 1 saturated carbocycles. The summed E-state index contributed by atoms with van der Waals surface area (Å²) in [5.74, 6) is -3.85. The molecule has 1 unspecified atom stereocenters. The van der Waals surface area contributed by atoms with E-state index < -0.39 is 66.4 Å². The van der Waals surface area contributed by atoms with Crippen molar-refractivity contribution in [2.45, 2.75) is 63.1 Å². The lowest BCUT2D eigenvalue weighted by atomic mass is 9.88. The second kappa shape index (κ2) is 10.2. The molecule has 1 atom stereocenters. The number of alkyl carbamates (subject to hydrolysis) is 1. The number of rotatable bonds is 5. The van der Waals surface area contributed by atoms with Gasteiger partial charge in [-0.15, -0.1) is 0 Å². The third kappa shape index (κ3) is 4.80. The standard InChI is InChI=1S/C26H21ClF4N6O5/c27-15-5-11(21(28)20-14(15)10-36(23(20)40)18-1-2-19(38)35-22(18)39)8-33-25(41)42-13-6-12(7-13)37-17-3-4-32-9-16(17)34-24(37)26(29,30)31/h3-5,9,12-13,18H,1-2,6-8,10H2,(H,33,41)(H,35,38,39). The number of hydrogen-bond donors (Lipinski definition) is 2. The number of nitrogens with zero attached hydrogens (tertiary/aromatic N) is 4. The fraction of sp³-hybridized carbons (Fsp3) is 0.385. The predicted molar refractivity (Wildman–Crippen MR) is 135 cm³/mol. The van der Waals surface area contributed by atoms with Gasteiger partial charge in [0.05, 0.1) is 17.3 Å². The first-order valence-electron chi connectivity index (χ1n) is 12.9. The van der Waals surface area contributed by atoms with Crippen molar-refractivity contribution in [3.63, 3.8) is 0 Å². The molecule has 3 aromatic rings. The number of alkyl halides is 3. The number of benzene rings is 1. The number of fused-ring (bicyclic) bond motifs is 2. The highest BCUT2D eigenvalue weighted by Crippen LogP contribution is 2.42. The molecule has 2 aliphatic heterocycles. The van der Waals surface area contributed by atoms with Gasteiger partial charge in [-0.2, -0.15) is 13.2 Å². The largest absolute Gasteiger partial charge is 0.449 e. The monoisotopic (exact) mass is 608 g/mol. The van der Waals surface area contributed by atoms with Crippen LogP contribution < -0.4 is 10.6 Å². The summed E-state index contributed by atoms with van der Waals surface area (Å²) >= 11 is 6.32. The van der Waals surface area contributed by atoms with Gasteiger partial charge in [0.1, 0.15) is 23.5 Å². The number of carbonyl (C=O) groups is 4. The van der Waals surface area contributed by atoms with Gasteiger partial charge in [-0.25, -0.2) is 14.2 Å². The van der Waals surface area contributed by atoms with Gasteiger partial charge in [0.15, 0.2) is 0 Å². The lowest BCUT2D eigenvalue weighted by Gasteiger charge is -2.36. The van der Waals surface area contributed by atoms with Crippen molar-refractivity contribution >= 4 is 46.4 Å². The van der Waals surface area contributed by atoms with Crippen molar-refractivity contribution in [2.24, 2.45) is 0 Å². The molecule has 2 aromatic heterocycles. The Morgan fingerprint density at radius 3 is 2.71 bits per heavy atom. The van der Waals surface area contributed by atoms with Crippen LogP contribution in [0.15, 0.2) is 24.5 Å². The lowest BCUT2D eigenvalue weighted by molar-refractivity contribution is -0.149. The maximum Gasteiger partial charge on any atom is 0.449 e. The van der Waals surface area contributed by atoms with E-state index in [1.807, 2.05) is 0 Å². The van der Waals surface area contributed by atoms with E-state index >= 15 is 4.39 Å². The van der Waals surface area contributed by atoms with E-state index in [0.717, 1.165) is 9.47 Å². The van der Waals surface area contributed by atoms with Gasteiger partial charge in [-0.05, 0) is 18.6 Å². The Labute approximate surface area is 239 Å². The molecule has 1 saturated heterocycles. The fourth-order valence-electron chi connectivity index (χ4n) is 5.56. The number of hydrogen-bond acceptors (Lipinski definition) is 7. The third-order valence-electron chi connectivity index (χ3n) is 7.66. The van der Waals surface area contributed by atoms with Gasteiger partial charge in [-0.1, -0.05) is 11.6 Å². The minimum absolute atomic E-state index is 0.0334. The molecule has 2 fully saturated rings. The van der Waals surface area contributed by atoms with E-state index in [-0.39, 0.29) is 65.0 Å². The average molecular weight is 609 g/mol. The van der Waals surface area contributed by atoms with Gasteiger partial charge in [0.2, 0.25) is 17.6 Å². The van der Waals surface area contributed by atoms with Crippen LogP contribution in [0, 0.1) is 5.82 Å². The van der Waals surface area contributed by atoms with Gasteiger partial charge in [-0.3, -0.25) is 24.7 Å². The zero-order valence-electron chi connectivity index (χ0n) is 21.5. The smallest absolute Gasteiger partial charge is 0.446 e. The van der Waals surface area contributed by atoms with E-state index in [1.165, 1.54) is 24.5 Å². The van der Waals surface area contributed by atoms with Gasteiger partial charge < -0.3 is 19.5 Å². The number of pyridine rings is 1. The molecule has 0 bridgehead atoms. The Bertz CT molecular complexity index is 1650. The van der Waals surface area contributed by atoms with Crippen molar-refractivity contribution in [3.05, 3.63) is 57.9 Å². The van der Waals surface area contributed by atoms with Crippen LogP contribution >= 0.6 is 11.6 Å². The number of amides is 4. The zero-order chi connectivity index (χ0) is 29.9. The molecule has 220 valence electrons. The average Bonchev–Trinajstić information content (AvgIpc) is 3.46. The second-order valence-electron chi connectivity index (χ2n) is 10.3. The van der Waals surface area contributed by atoms with Gasteiger partial charge in [0, 0.05) is 60.7 Å². The molecule has 16 heteroatoms. The Balaban J connectivity index is 1.09. The van der Waals surface area contributed by atoms with Crippen molar-refractivity contribution in [1.29, 1.82) is 0 Å². The SMILES string of the molecule is O=C1CCC(N2Cc3c(Cl)cc(CNC(=O)OC4CC(n5c(C(F)(F)F)nc6cnccc65)C4)c(F)c3C2=O)C(=O)N1. The lowest BCUT2D eigenvalue weighted by Crippen LogP contribution is -2.52. The molecule has 11 nitrogen and oxygen atoms in total. The summed E-state index contributed by atoms with van der Waals surface area (Å²) in [6.07, 6.45) is -3.36. The summed E-state index contributed by atoms with van der Waals surface area (Å²) in [4.78, 5) is 57.8. The van der Waals surface area contributed by atoms with Crippen LogP contribution in [0.3, 0.4) is 0 Å². The number of imide groups is 1. The normalized spacial score (nSPS) is 22.2. The van der Waals surface area contributed by atoms with Crippen molar-refractivity contribution in [3.8, 4) is 0 Å². The molecular formula is C26H21ClF4N6O5. The van der Waals surface area contributed by atoms with E-state index in [0.29, 0.717) is 0 Å². The zero-order valence-corrected chi connectivity index (χ0v) is 22.3. The van der Waals surface area contributed by atoms with Crippen LogP contribution in [0.1, 0.15) is 59.0 Å². The molecular weight excluding hydrogens is 588 g/mol. The van der Waals surface area contributed by atoms with Crippen LogP contribution in [-0.2, 0) is 33.6 Å². The summed E-state index contributed by atoms with van der Waals surface area (Å²) in [6.45, 7) is -0.509. The predicted octanol–water partition coefficient (Wildman–Crippen LogP) is 3.63. The molecule has 0 radical (unpaired) electrons. The number of ether oxygens (including phenoxy) is 1. The minimum atomic E-state index is -4.69. The highest BCUT2D eigenvalue weighted by Gasteiger charge is 2.44. The van der Waals surface area contributed by atoms with Crippen molar-refractivity contribution in [1.82, 2.24) is 30.1 Å². The molecule has 0 spiro atoms. The van der Waals surface area contributed by atoms with Crippen molar-refractivity contribution in [2.75, 3.05) is 0 Å². The number of aromatic nitrogens is 3. The highest BCUT2D eigenvalue weighted by atomic mass is 35.5. The second-order valence-corrected chi connectivity index (χ2v) is 10.7. The van der Waals surface area contributed by atoms with Crippen molar-refractivity contribution < 1.29 is 41.5 Å². The van der Waals surface area contributed by atoms with Gasteiger partial charge >= 0.3 is 12.3 Å². The number of piperidine rings is 1. The third-order valence-corrected chi connectivity index (χ3v) is 8.00. The van der Waals surface area contributed by atoms with Crippen LogP contribution in [0.5, 0.6) is 0 Å². The maximum absolute atomic E-state index is 15.4.